The van der Waals surface area contributed by atoms with Gasteiger partial charge < -0.3 is 9.64 Å². The number of nitrogens with zero attached hydrogens (tertiary/aromatic N) is 1. The lowest BCUT2D eigenvalue weighted by atomic mass is 9.95. The van der Waals surface area contributed by atoms with Gasteiger partial charge in [0.2, 0.25) is 0 Å². The van der Waals surface area contributed by atoms with Crippen molar-refractivity contribution in [1.82, 2.24) is 4.90 Å². The van der Waals surface area contributed by atoms with E-state index in [2.05, 4.69) is 0 Å². The van der Waals surface area contributed by atoms with Gasteiger partial charge in [0.05, 0.1) is 0 Å². The number of methoxy groups -OCH3 is 1. The van der Waals surface area contributed by atoms with Crippen LogP contribution in [0.2, 0.25) is 0 Å². The molecule has 0 aromatic carbocycles. The molecule has 0 spiro atoms. The van der Waals surface area contributed by atoms with E-state index in [0.29, 0.717) is 5.84 Å². The normalized spacial score (nSPS) is 11.4. The highest BCUT2D eigenvalue weighted by Gasteiger charge is 2.32. The molecule has 0 aliphatic carbocycles. The minimum absolute atomic E-state index is 0.385. The Bertz CT molecular complexity index is 142. The lowest BCUT2D eigenvalue weighted by Crippen LogP contribution is -2.46. The minimum Gasteiger partial charge on any atom is -0.370 e. The second-order valence-corrected chi connectivity index (χ2v) is 3.15. The topological polar surface area (TPSA) is 36.3 Å². The summed E-state index contributed by atoms with van der Waals surface area (Å²) in [5, 5.41) is 7.85. The number of nitrogens with one attached hydrogen (secondary N) is 1. The first kappa shape index (κ1) is 11.4. The molecule has 0 bridgehead atoms. The van der Waals surface area contributed by atoms with Gasteiger partial charge in [0.25, 0.3) is 0 Å². The van der Waals surface area contributed by atoms with E-state index < -0.39 is 0 Å². The third-order valence-corrected chi connectivity index (χ3v) is 2.41. The predicted molar refractivity (Wildman–Crippen MR) is 51.7 cm³/mol. The first-order valence-electron chi connectivity index (χ1n) is 4.35. The van der Waals surface area contributed by atoms with Crippen molar-refractivity contribution in [3.63, 3.8) is 0 Å². The van der Waals surface area contributed by atoms with E-state index in [1.165, 1.54) is 0 Å². The van der Waals surface area contributed by atoms with Gasteiger partial charge in [-0.1, -0.05) is 13.8 Å². The van der Waals surface area contributed by atoms with Gasteiger partial charge in [-0.25, -0.2) is 0 Å². The summed E-state index contributed by atoms with van der Waals surface area (Å²) < 4.78 is 5.39. The highest BCUT2D eigenvalue weighted by molar-refractivity contribution is 5.87. The van der Waals surface area contributed by atoms with Crippen LogP contribution in [-0.4, -0.2) is 37.5 Å². The first-order valence-corrected chi connectivity index (χ1v) is 4.35. The fourth-order valence-electron chi connectivity index (χ4n) is 1.38. The van der Waals surface area contributed by atoms with Crippen LogP contribution in [0, 0.1) is 5.41 Å². The summed E-state index contributed by atoms with van der Waals surface area (Å²) in [6, 6.07) is 0. The van der Waals surface area contributed by atoms with Gasteiger partial charge >= 0.3 is 0 Å². The third kappa shape index (κ3) is 1.97. The summed E-state index contributed by atoms with van der Waals surface area (Å²) in [6.45, 7) is 4.09. The molecule has 12 heavy (non-hydrogen) atoms. The first-order chi connectivity index (χ1) is 5.54. The standard InChI is InChI=1S/C9H20N2O/c1-6-9(7-2,12-5)8(10)11(3)4/h10H,6-7H2,1-5H3. The van der Waals surface area contributed by atoms with E-state index in [9.17, 15) is 0 Å². The molecule has 0 heterocycles. The molecule has 3 nitrogen and oxygen atoms in total. The number of ether oxygens (including phenoxy) is 1. The molecule has 0 aliphatic rings. The molecule has 1 N–H and O–H groups in total. The summed E-state index contributed by atoms with van der Waals surface area (Å²) in [6.07, 6.45) is 1.69. The molecule has 0 aromatic heterocycles. The molecule has 0 unspecified atom stereocenters. The molecule has 0 aromatic rings. The highest BCUT2D eigenvalue weighted by Crippen LogP contribution is 2.21. The monoisotopic (exact) mass is 172 g/mol. The summed E-state index contributed by atoms with van der Waals surface area (Å²) in [4.78, 5) is 1.80. The number of amidine groups is 1. The number of likely N-dealkylation sites (N-methyl/N-ethyl adjacent to an activating group) is 1. The van der Waals surface area contributed by atoms with Gasteiger partial charge in [-0.15, -0.1) is 0 Å². The smallest absolute Gasteiger partial charge is 0.128 e. The second kappa shape index (κ2) is 4.45. The second-order valence-electron chi connectivity index (χ2n) is 3.15. The SMILES string of the molecule is CCC(CC)(OC)C(=N)N(C)C. The maximum absolute atomic E-state index is 7.85. The molecule has 3 heteroatoms. The van der Waals surface area contributed by atoms with Crippen LogP contribution < -0.4 is 0 Å². The van der Waals surface area contributed by atoms with Crippen molar-refractivity contribution in [2.24, 2.45) is 0 Å². The molecule has 72 valence electrons. The van der Waals surface area contributed by atoms with Crippen LogP contribution in [0.1, 0.15) is 26.7 Å². The Morgan fingerprint density at radius 1 is 1.33 bits per heavy atom. The van der Waals surface area contributed by atoms with Crippen molar-refractivity contribution in [2.45, 2.75) is 32.3 Å². The molecule has 0 saturated carbocycles. The fraction of sp³-hybridized carbons (Fsp3) is 0.889. The zero-order valence-electron chi connectivity index (χ0n) is 8.77. The molecular formula is C9H20N2O. The zero-order valence-corrected chi connectivity index (χ0v) is 8.77. The molecule has 0 radical (unpaired) electrons. The lowest BCUT2D eigenvalue weighted by Gasteiger charge is -2.34. The van der Waals surface area contributed by atoms with Crippen LogP contribution in [-0.2, 0) is 4.74 Å². The minimum atomic E-state index is -0.385. The predicted octanol–water partition coefficient (Wildman–Crippen LogP) is 1.73. The molecule has 0 rings (SSSR count). The quantitative estimate of drug-likeness (QED) is 0.518. The van der Waals surface area contributed by atoms with Crippen LogP contribution in [0.3, 0.4) is 0 Å². The van der Waals surface area contributed by atoms with Crippen LogP contribution in [0.15, 0.2) is 0 Å². The summed E-state index contributed by atoms with van der Waals surface area (Å²) in [7, 11) is 5.42. The lowest BCUT2D eigenvalue weighted by molar-refractivity contribution is 0.0343. The van der Waals surface area contributed by atoms with Crippen molar-refractivity contribution < 1.29 is 4.74 Å². The Labute approximate surface area is 75.2 Å². The Morgan fingerprint density at radius 2 is 1.75 bits per heavy atom. The maximum Gasteiger partial charge on any atom is 0.128 e. The van der Waals surface area contributed by atoms with Crippen molar-refractivity contribution in [3.05, 3.63) is 0 Å². The van der Waals surface area contributed by atoms with Gasteiger partial charge in [0.15, 0.2) is 0 Å². The van der Waals surface area contributed by atoms with E-state index >= 15 is 0 Å². The van der Waals surface area contributed by atoms with Crippen LogP contribution in [0.4, 0.5) is 0 Å². The number of hydrogen-bond donors (Lipinski definition) is 1. The van der Waals surface area contributed by atoms with Crippen LogP contribution >= 0.6 is 0 Å². The van der Waals surface area contributed by atoms with Crippen molar-refractivity contribution in [3.8, 4) is 0 Å². The van der Waals surface area contributed by atoms with E-state index in [-0.39, 0.29) is 5.60 Å². The van der Waals surface area contributed by atoms with Crippen molar-refractivity contribution in [2.75, 3.05) is 21.2 Å². The molecular weight excluding hydrogens is 152 g/mol. The van der Waals surface area contributed by atoms with E-state index in [1.807, 2.05) is 27.9 Å². The van der Waals surface area contributed by atoms with Gasteiger partial charge in [-0.2, -0.15) is 0 Å². The maximum atomic E-state index is 7.85. The van der Waals surface area contributed by atoms with E-state index in [0.717, 1.165) is 12.8 Å². The third-order valence-electron chi connectivity index (χ3n) is 2.41. The Kier molecular flexibility index (Phi) is 4.24. The Balaban J connectivity index is 4.59. The average Bonchev–Trinajstić information content (AvgIpc) is 2.08. The molecule has 0 amide bonds. The zero-order chi connectivity index (χ0) is 9.78. The number of hydrogen-bond acceptors (Lipinski definition) is 2. The molecule has 0 saturated heterocycles. The van der Waals surface area contributed by atoms with E-state index in [4.69, 9.17) is 10.1 Å². The van der Waals surface area contributed by atoms with Crippen molar-refractivity contribution in [1.29, 1.82) is 5.41 Å². The Morgan fingerprint density at radius 3 is 1.83 bits per heavy atom. The van der Waals surface area contributed by atoms with E-state index in [1.54, 1.807) is 12.0 Å². The average molecular weight is 172 g/mol. The van der Waals surface area contributed by atoms with Gasteiger partial charge in [-0.05, 0) is 12.8 Å². The Hall–Kier alpha value is -0.570. The fourth-order valence-corrected chi connectivity index (χ4v) is 1.38. The molecule has 0 atom stereocenters. The van der Waals surface area contributed by atoms with Crippen LogP contribution in [0.5, 0.6) is 0 Å². The largest absolute Gasteiger partial charge is 0.370 e. The molecule has 0 aliphatic heterocycles. The number of rotatable bonds is 4. The van der Waals surface area contributed by atoms with Gasteiger partial charge in [0.1, 0.15) is 11.4 Å². The van der Waals surface area contributed by atoms with Crippen LogP contribution in [0.25, 0.3) is 0 Å². The van der Waals surface area contributed by atoms with Crippen molar-refractivity contribution >= 4 is 5.84 Å². The summed E-state index contributed by atoms with van der Waals surface area (Å²) >= 11 is 0. The summed E-state index contributed by atoms with van der Waals surface area (Å²) in [5.74, 6) is 0.551. The highest BCUT2D eigenvalue weighted by atomic mass is 16.5. The molecule has 0 fully saturated rings. The van der Waals surface area contributed by atoms with Gasteiger partial charge in [-0.3, -0.25) is 5.41 Å². The summed E-state index contributed by atoms with van der Waals surface area (Å²) in [5.41, 5.74) is -0.385. The van der Waals surface area contributed by atoms with Gasteiger partial charge in [0, 0.05) is 21.2 Å².